The maximum absolute atomic E-state index is 12.1. The first kappa shape index (κ1) is 15.3. The number of aryl methyl sites for hydroxylation is 1. The first-order chi connectivity index (χ1) is 8.69. The molecule has 0 aliphatic rings. The summed E-state index contributed by atoms with van der Waals surface area (Å²) >= 11 is 0. The Bertz CT molecular complexity index is 459. The highest BCUT2D eigenvalue weighted by Crippen LogP contribution is 2.27. The predicted molar refractivity (Wildman–Crippen MR) is 65.0 cm³/mol. The molecule has 1 atom stereocenters. The molecule has 0 bridgehead atoms. The standard InChI is InChI=1S/C12H15F3N2O2/c1-7-3-4-9(17-11(18)8(2)16)10(5-7)19-6-12(13,14)15/h3-5,8H,6,16H2,1-2H3,(H,17,18)/t8-/m0/s1. The quantitative estimate of drug-likeness (QED) is 0.886. The Labute approximate surface area is 108 Å². The van der Waals surface area contributed by atoms with Crippen LogP contribution in [0.4, 0.5) is 18.9 Å². The smallest absolute Gasteiger partial charge is 0.422 e. The molecule has 0 aliphatic carbocycles. The van der Waals surface area contributed by atoms with E-state index < -0.39 is 24.7 Å². The molecular weight excluding hydrogens is 261 g/mol. The number of anilines is 1. The Kier molecular flexibility index (Phi) is 4.77. The second kappa shape index (κ2) is 5.92. The van der Waals surface area contributed by atoms with Gasteiger partial charge in [0.25, 0.3) is 0 Å². The van der Waals surface area contributed by atoms with Gasteiger partial charge in [-0.2, -0.15) is 13.2 Å². The van der Waals surface area contributed by atoms with Crippen LogP contribution in [0.15, 0.2) is 18.2 Å². The average molecular weight is 276 g/mol. The van der Waals surface area contributed by atoms with E-state index in [1.807, 2.05) is 0 Å². The molecule has 0 spiro atoms. The molecule has 1 aromatic carbocycles. The van der Waals surface area contributed by atoms with E-state index in [1.165, 1.54) is 19.1 Å². The Morgan fingerprint density at radius 3 is 2.63 bits per heavy atom. The maximum atomic E-state index is 12.1. The van der Waals surface area contributed by atoms with E-state index in [2.05, 4.69) is 10.1 Å². The minimum atomic E-state index is -4.44. The highest BCUT2D eigenvalue weighted by molar-refractivity contribution is 5.95. The van der Waals surface area contributed by atoms with Crippen LogP contribution in [0.3, 0.4) is 0 Å². The van der Waals surface area contributed by atoms with Crippen LogP contribution in [-0.4, -0.2) is 24.7 Å². The van der Waals surface area contributed by atoms with Gasteiger partial charge in [-0.25, -0.2) is 0 Å². The van der Waals surface area contributed by atoms with Crippen LogP contribution in [0.25, 0.3) is 0 Å². The minimum absolute atomic E-state index is 0.0358. The van der Waals surface area contributed by atoms with Crippen LogP contribution >= 0.6 is 0 Å². The van der Waals surface area contributed by atoms with E-state index in [0.29, 0.717) is 0 Å². The molecule has 0 saturated heterocycles. The third kappa shape index (κ3) is 5.17. The van der Waals surface area contributed by atoms with Crippen LogP contribution in [0, 0.1) is 6.92 Å². The molecule has 7 heteroatoms. The molecule has 1 rings (SSSR count). The second-order valence-corrected chi connectivity index (χ2v) is 4.18. The molecule has 1 amide bonds. The van der Waals surface area contributed by atoms with E-state index in [-0.39, 0.29) is 11.4 Å². The number of rotatable bonds is 4. The highest BCUT2D eigenvalue weighted by Gasteiger charge is 2.29. The number of hydrogen-bond donors (Lipinski definition) is 2. The molecule has 0 radical (unpaired) electrons. The molecule has 0 aliphatic heterocycles. The van der Waals surface area contributed by atoms with Crippen LogP contribution in [-0.2, 0) is 4.79 Å². The van der Waals surface area contributed by atoms with Gasteiger partial charge in [0, 0.05) is 0 Å². The molecule has 19 heavy (non-hydrogen) atoms. The van der Waals surface area contributed by atoms with E-state index in [4.69, 9.17) is 5.73 Å². The van der Waals surface area contributed by atoms with Crippen molar-refractivity contribution >= 4 is 11.6 Å². The van der Waals surface area contributed by atoms with Crippen molar-refractivity contribution in [3.8, 4) is 5.75 Å². The van der Waals surface area contributed by atoms with Crippen molar-refractivity contribution in [2.24, 2.45) is 5.73 Å². The van der Waals surface area contributed by atoms with E-state index in [9.17, 15) is 18.0 Å². The molecule has 0 saturated carbocycles. The summed E-state index contributed by atoms with van der Waals surface area (Å²) in [5.74, 6) is -0.535. The van der Waals surface area contributed by atoms with Gasteiger partial charge in [-0.3, -0.25) is 4.79 Å². The predicted octanol–water partition coefficient (Wildman–Crippen LogP) is 2.22. The molecule has 0 fully saturated rings. The summed E-state index contributed by atoms with van der Waals surface area (Å²) < 4.78 is 41.1. The number of halogens is 3. The number of nitrogens with two attached hydrogens (primary N) is 1. The molecule has 0 heterocycles. The van der Waals surface area contributed by atoms with Crippen molar-refractivity contribution in [2.75, 3.05) is 11.9 Å². The maximum Gasteiger partial charge on any atom is 0.422 e. The zero-order valence-corrected chi connectivity index (χ0v) is 10.5. The minimum Gasteiger partial charge on any atom is -0.482 e. The number of alkyl halides is 3. The lowest BCUT2D eigenvalue weighted by Crippen LogP contribution is -2.32. The first-order valence-corrected chi connectivity index (χ1v) is 5.55. The van der Waals surface area contributed by atoms with Crippen molar-refractivity contribution in [1.29, 1.82) is 0 Å². The SMILES string of the molecule is Cc1ccc(NC(=O)[C@H](C)N)c(OCC(F)(F)F)c1. The number of hydrogen-bond acceptors (Lipinski definition) is 3. The first-order valence-electron chi connectivity index (χ1n) is 5.55. The Balaban J connectivity index is 2.88. The summed E-state index contributed by atoms with van der Waals surface area (Å²) in [7, 11) is 0. The number of ether oxygens (including phenoxy) is 1. The fourth-order valence-corrected chi connectivity index (χ4v) is 1.26. The molecule has 0 aromatic heterocycles. The fraction of sp³-hybridized carbons (Fsp3) is 0.417. The molecular formula is C12H15F3N2O2. The van der Waals surface area contributed by atoms with E-state index >= 15 is 0 Å². The highest BCUT2D eigenvalue weighted by atomic mass is 19.4. The Hall–Kier alpha value is -1.76. The van der Waals surface area contributed by atoms with Gasteiger partial charge in [-0.15, -0.1) is 0 Å². The zero-order chi connectivity index (χ0) is 14.6. The largest absolute Gasteiger partial charge is 0.482 e. The molecule has 3 N–H and O–H groups in total. The normalized spacial score (nSPS) is 12.9. The van der Waals surface area contributed by atoms with Gasteiger partial charge < -0.3 is 15.8 Å². The van der Waals surface area contributed by atoms with Gasteiger partial charge in [-0.1, -0.05) is 6.07 Å². The van der Waals surface area contributed by atoms with Crippen molar-refractivity contribution in [2.45, 2.75) is 26.1 Å². The monoisotopic (exact) mass is 276 g/mol. The third-order valence-electron chi connectivity index (χ3n) is 2.20. The summed E-state index contributed by atoms with van der Waals surface area (Å²) in [6.45, 7) is 1.76. The summed E-state index contributed by atoms with van der Waals surface area (Å²) in [5.41, 5.74) is 6.26. The lowest BCUT2D eigenvalue weighted by atomic mass is 10.2. The van der Waals surface area contributed by atoms with E-state index in [0.717, 1.165) is 5.56 Å². The summed E-state index contributed by atoms with van der Waals surface area (Å²) in [6.07, 6.45) is -4.44. The lowest BCUT2D eigenvalue weighted by molar-refractivity contribution is -0.153. The van der Waals surface area contributed by atoms with Gasteiger partial charge in [0.05, 0.1) is 11.7 Å². The summed E-state index contributed by atoms with van der Waals surface area (Å²) in [6, 6.07) is 3.78. The lowest BCUT2D eigenvalue weighted by Gasteiger charge is -2.15. The Morgan fingerprint density at radius 1 is 1.47 bits per heavy atom. The van der Waals surface area contributed by atoms with Crippen LogP contribution < -0.4 is 15.8 Å². The summed E-state index contributed by atoms with van der Waals surface area (Å²) in [4.78, 5) is 11.4. The van der Waals surface area contributed by atoms with Crippen LogP contribution in [0.2, 0.25) is 0 Å². The summed E-state index contributed by atoms with van der Waals surface area (Å²) in [5, 5.41) is 2.42. The van der Waals surface area contributed by atoms with Crippen molar-refractivity contribution in [3.05, 3.63) is 23.8 Å². The molecule has 1 aromatic rings. The van der Waals surface area contributed by atoms with Gasteiger partial charge in [0.15, 0.2) is 6.61 Å². The van der Waals surface area contributed by atoms with Gasteiger partial charge in [0.2, 0.25) is 5.91 Å². The second-order valence-electron chi connectivity index (χ2n) is 4.18. The van der Waals surface area contributed by atoms with Gasteiger partial charge in [-0.05, 0) is 31.5 Å². The topological polar surface area (TPSA) is 64.4 Å². The Morgan fingerprint density at radius 2 is 2.11 bits per heavy atom. The van der Waals surface area contributed by atoms with Gasteiger partial charge >= 0.3 is 6.18 Å². The van der Waals surface area contributed by atoms with Crippen molar-refractivity contribution < 1.29 is 22.7 Å². The number of benzene rings is 1. The number of nitrogens with one attached hydrogen (secondary N) is 1. The average Bonchev–Trinajstić information content (AvgIpc) is 2.28. The van der Waals surface area contributed by atoms with E-state index in [1.54, 1.807) is 13.0 Å². The number of carbonyl (C=O) groups is 1. The van der Waals surface area contributed by atoms with Crippen molar-refractivity contribution in [1.82, 2.24) is 0 Å². The van der Waals surface area contributed by atoms with Crippen molar-refractivity contribution in [3.63, 3.8) is 0 Å². The van der Waals surface area contributed by atoms with Gasteiger partial charge in [0.1, 0.15) is 5.75 Å². The number of amides is 1. The number of carbonyl (C=O) groups excluding carboxylic acids is 1. The molecule has 4 nitrogen and oxygen atoms in total. The van der Waals surface area contributed by atoms with Crippen LogP contribution in [0.1, 0.15) is 12.5 Å². The van der Waals surface area contributed by atoms with Crippen LogP contribution in [0.5, 0.6) is 5.75 Å². The fourth-order valence-electron chi connectivity index (χ4n) is 1.26. The molecule has 106 valence electrons. The zero-order valence-electron chi connectivity index (χ0n) is 10.5. The molecule has 0 unspecified atom stereocenters. The third-order valence-corrected chi connectivity index (χ3v) is 2.20.